The average Bonchev–Trinajstić information content (AvgIpc) is 2.83. The number of ether oxygens (including phenoxy) is 1. The lowest BCUT2D eigenvalue weighted by atomic mass is 10.1. The number of imidazole rings is 1. The van der Waals surface area contributed by atoms with Gasteiger partial charge in [-0.2, -0.15) is 4.98 Å². The number of aromatic carboxylic acids is 1. The number of rotatable bonds is 3. The van der Waals surface area contributed by atoms with Crippen LogP contribution in [0.15, 0.2) is 36.4 Å². The molecule has 5 nitrogen and oxygen atoms in total. The van der Waals surface area contributed by atoms with Gasteiger partial charge in [0.05, 0.1) is 11.0 Å². The van der Waals surface area contributed by atoms with Crippen molar-refractivity contribution in [3.8, 4) is 24.2 Å². The zero-order valence-corrected chi connectivity index (χ0v) is 12.8. The highest BCUT2D eigenvalue weighted by Gasteiger charge is 2.18. The number of carbonyl (C=O) groups is 1. The molecule has 0 atom stereocenters. The minimum absolute atomic E-state index is 0.0705. The number of halogens is 1. The molecular weight excluding hydrogens is 316 g/mol. The van der Waals surface area contributed by atoms with Gasteiger partial charge in [-0.05, 0) is 36.8 Å². The molecule has 1 aromatic heterocycles. The van der Waals surface area contributed by atoms with E-state index >= 15 is 0 Å². The van der Waals surface area contributed by atoms with Gasteiger partial charge in [0.15, 0.2) is 0 Å². The summed E-state index contributed by atoms with van der Waals surface area (Å²) in [5.41, 5.74) is 1.87. The van der Waals surface area contributed by atoms with Crippen LogP contribution in [-0.4, -0.2) is 20.6 Å². The molecule has 3 aromatic rings. The predicted molar refractivity (Wildman–Crippen MR) is 87.2 cm³/mol. The van der Waals surface area contributed by atoms with Crippen molar-refractivity contribution in [2.75, 3.05) is 0 Å². The van der Waals surface area contributed by atoms with Crippen LogP contribution in [0.25, 0.3) is 11.0 Å². The molecule has 0 saturated carbocycles. The van der Waals surface area contributed by atoms with Crippen LogP contribution in [-0.2, 0) is 0 Å². The van der Waals surface area contributed by atoms with E-state index in [1.54, 1.807) is 43.3 Å². The standard InChI is InChI=1S/C17H11ClN2O3/c1-3-20-13-9-11(18)7-8-12(13)19-17(20)23-14-6-4-5-10(2)15(14)16(21)22/h1,4-9H,2H3,(H,21,22). The van der Waals surface area contributed by atoms with Crippen LogP contribution in [0.3, 0.4) is 0 Å². The first-order chi connectivity index (χ1) is 11.0. The Bertz CT molecular complexity index is 970. The van der Waals surface area contributed by atoms with Crippen molar-refractivity contribution in [3.63, 3.8) is 0 Å². The third-order valence-electron chi connectivity index (χ3n) is 3.36. The summed E-state index contributed by atoms with van der Waals surface area (Å²) in [4.78, 5) is 15.7. The van der Waals surface area contributed by atoms with Crippen LogP contribution in [0.4, 0.5) is 0 Å². The molecule has 0 amide bonds. The molecule has 0 spiro atoms. The summed E-state index contributed by atoms with van der Waals surface area (Å²) in [6.07, 6.45) is 5.53. The first-order valence-electron chi connectivity index (χ1n) is 6.66. The second-order valence-electron chi connectivity index (χ2n) is 4.85. The topological polar surface area (TPSA) is 64.3 Å². The van der Waals surface area contributed by atoms with Crippen molar-refractivity contribution < 1.29 is 14.6 Å². The lowest BCUT2D eigenvalue weighted by Gasteiger charge is -2.09. The van der Waals surface area contributed by atoms with Crippen LogP contribution >= 0.6 is 11.6 Å². The third kappa shape index (κ3) is 2.60. The summed E-state index contributed by atoms with van der Waals surface area (Å²) in [7, 11) is 0. The van der Waals surface area contributed by atoms with Crippen molar-refractivity contribution in [1.82, 2.24) is 9.55 Å². The Morgan fingerprint density at radius 1 is 1.39 bits per heavy atom. The molecule has 0 saturated heterocycles. The SMILES string of the molecule is C#Cn1c(Oc2cccc(C)c2C(=O)O)nc2ccc(Cl)cc21. The summed E-state index contributed by atoms with van der Waals surface area (Å²) in [5.74, 6) is -0.903. The second-order valence-corrected chi connectivity index (χ2v) is 5.28. The normalized spacial score (nSPS) is 10.5. The number of carboxylic acid groups (broad SMARTS) is 1. The first-order valence-corrected chi connectivity index (χ1v) is 7.04. The van der Waals surface area contributed by atoms with E-state index in [1.165, 1.54) is 4.57 Å². The molecular formula is C17H11ClN2O3. The largest absolute Gasteiger partial charge is 0.478 e. The highest BCUT2D eigenvalue weighted by Crippen LogP contribution is 2.30. The number of fused-ring (bicyclic) bond motifs is 1. The number of aromatic nitrogens is 2. The Balaban J connectivity index is 2.15. The maximum atomic E-state index is 11.4. The van der Waals surface area contributed by atoms with Gasteiger partial charge in [-0.25, -0.2) is 9.36 Å². The molecule has 0 radical (unpaired) electrons. The molecule has 23 heavy (non-hydrogen) atoms. The molecule has 6 heteroatoms. The molecule has 0 unspecified atom stereocenters. The van der Waals surface area contributed by atoms with E-state index in [4.69, 9.17) is 22.8 Å². The monoisotopic (exact) mass is 326 g/mol. The van der Waals surface area contributed by atoms with E-state index in [-0.39, 0.29) is 17.3 Å². The number of hydrogen-bond donors (Lipinski definition) is 1. The molecule has 0 aliphatic carbocycles. The number of benzene rings is 2. The Morgan fingerprint density at radius 2 is 2.17 bits per heavy atom. The second kappa shape index (κ2) is 5.67. The minimum Gasteiger partial charge on any atom is -0.478 e. The first kappa shape index (κ1) is 14.9. The van der Waals surface area contributed by atoms with Gasteiger partial charge in [0.2, 0.25) is 0 Å². The smallest absolute Gasteiger partial charge is 0.339 e. The van der Waals surface area contributed by atoms with Gasteiger partial charge < -0.3 is 9.84 Å². The number of hydrogen-bond acceptors (Lipinski definition) is 3. The van der Waals surface area contributed by atoms with Gasteiger partial charge in [-0.15, -0.1) is 0 Å². The van der Waals surface area contributed by atoms with E-state index in [1.807, 2.05) is 0 Å². The molecule has 1 N–H and O–H groups in total. The molecule has 0 aliphatic rings. The maximum absolute atomic E-state index is 11.4. The Hall–Kier alpha value is -2.97. The van der Waals surface area contributed by atoms with Gasteiger partial charge >= 0.3 is 12.0 Å². The fourth-order valence-corrected chi connectivity index (χ4v) is 2.48. The summed E-state index contributed by atoms with van der Waals surface area (Å²) >= 11 is 5.98. The zero-order chi connectivity index (χ0) is 16.6. The van der Waals surface area contributed by atoms with Crippen LogP contribution in [0, 0.1) is 19.4 Å². The Kier molecular flexibility index (Phi) is 3.68. The number of aryl methyl sites for hydroxylation is 1. The minimum atomic E-state index is -1.08. The molecule has 114 valence electrons. The molecule has 0 bridgehead atoms. The predicted octanol–water partition coefficient (Wildman–Crippen LogP) is 3.93. The van der Waals surface area contributed by atoms with Gasteiger partial charge in [-0.3, -0.25) is 0 Å². The summed E-state index contributed by atoms with van der Waals surface area (Å²) in [5, 5.41) is 9.88. The van der Waals surface area contributed by atoms with Gasteiger partial charge in [0.1, 0.15) is 11.3 Å². The summed E-state index contributed by atoms with van der Waals surface area (Å²) in [6, 6.07) is 12.6. The fraction of sp³-hybridized carbons (Fsp3) is 0.0588. The Morgan fingerprint density at radius 3 is 2.87 bits per heavy atom. The molecule has 2 aromatic carbocycles. The van der Waals surface area contributed by atoms with E-state index in [0.29, 0.717) is 21.6 Å². The molecule has 0 aliphatic heterocycles. The Labute approximate surface area is 137 Å². The summed E-state index contributed by atoms with van der Waals surface area (Å²) in [6.45, 7) is 1.69. The van der Waals surface area contributed by atoms with E-state index in [9.17, 15) is 9.90 Å². The highest BCUT2D eigenvalue weighted by atomic mass is 35.5. The van der Waals surface area contributed by atoms with Crippen LogP contribution in [0.2, 0.25) is 5.02 Å². The average molecular weight is 327 g/mol. The fourth-order valence-electron chi connectivity index (χ4n) is 2.32. The van der Waals surface area contributed by atoms with Crippen LogP contribution < -0.4 is 4.74 Å². The summed E-state index contributed by atoms with van der Waals surface area (Å²) < 4.78 is 7.07. The molecule has 1 heterocycles. The lowest BCUT2D eigenvalue weighted by Crippen LogP contribution is -2.04. The number of nitrogens with zero attached hydrogens (tertiary/aromatic N) is 2. The van der Waals surface area contributed by atoms with Gasteiger partial charge in [-0.1, -0.05) is 30.2 Å². The van der Waals surface area contributed by atoms with Crippen molar-refractivity contribution in [2.24, 2.45) is 0 Å². The quantitative estimate of drug-likeness (QED) is 0.741. The molecule has 0 fully saturated rings. The highest BCUT2D eigenvalue weighted by molar-refractivity contribution is 6.31. The zero-order valence-electron chi connectivity index (χ0n) is 12.1. The number of carboxylic acids is 1. The maximum Gasteiger partial charge on any atom is 0.339 e. The van der Waals surface area contributed by atoms with Crippen LogP contribution in [0.5, 0.6) is 11.8 Å². The van der Waals surface area contributed by atoms with E-state index in [2.05, 4.69) is 11.0 Å². The van der Waals surface area contributed by atoms with Crippen molar-refractivity contribution >= 4 is 28.6 Å². The third-order valence-corrected chi connectivity index (χ3v) is 3.60. The van der Waals surface area contributed by atoms with E-state index < -0.39 is 5.97 Å². The van der Waals surface area contributed by atoms with Gasteiger partial charge in [0, 0.05) is 11.1 Å². The van der Waals surface area contributed by atoms with Crippen LogP contribution in [0.1, 0.15) is 15.9 Å². The lowest BCUT2D eigenvalue weighted by molar-refractivity contribution is 0.0693. The van der Waals surface area contributed by atoms with Crippen molar-refractivity contribution in [2.45, 2.75) is 6.92 Å². The van der Waals surface area contributed by atoms with Crippen molar-refractivity contribution in [1.29, 1.82) is 0 Å². The molecule has 3 rings (SSSR count). The van der Waals surface area contributed by atoms with Gasteiger partial charge in [0.25, 0.3) is 0 Å². The number of terminal acetylenes is 1. The van der Waals surface area contributed by atoms with Crippen molar-refractivity contribution in [3.05, 3.63) is 52.5 Å². The van der Waals surface area contributed by atoms with E-state index in [0.717, 1.165) is 0 Å².